The summed E-state index contributed by atoms with van der Waals surface area (Å²) in [5, 5.41) is 10.8. The molecule has 1 aromatic carbocycles. The monoisotopic (exact) mass is 354 g/mol. The summed E-state index contributed by atoms with van der Waals surface area (Å²) in [6.45, 7) is 2.83. The lowest BCUT2D eigenvalue weighted by atomic mass is 10.2. The number of nitro benzene ring substituents is 1. The van der Waals surface area contributed by atoms with E-state index in [1.54, 1.807) is 4.90 Å². The average molecular weight is 355 g/mol. The fourth-order valence-corrected chi connectivity index (χ4v) is 2.79. The minimum absolute atomic E-state index is 0.0124. The number of carbonyl (C=O) groups is 2. The van der Waals surface area contributed by atoms with Crippen molar-refractivity contribution in [2.45, 2.75) is 38.7 Å². The lowest BCUT2D eigenvalue weighted by Gasteiger charge is -2.24. The molecule has 7 nitrogen and oxygen atoms in total. The first-order valence-corrected chi connectivity index (χ1v) is 8.21. The summed E-state index contributed by atoms with van der Waals surface area (Å²) in [7, 11) is 0. The third-order valence-electron chi connectivity index (χ3n) is 3.93. The first kappa shape index (κ1) is 18.2. The number of esters is 1. The first-order chi connectivity index (χ1) is 11.4. The van der Waals surface area contributed by atoms with Crippen molar-refractivity contribution in [2.24, 2.45) is 0 Å². The summed E-state index contributed by atoms with van der Waals surface area (Å²) in [6.07, 6.45) is 3.12. The lowest BCUT2D eigenvalue weighted by molar-refractivity contribution is -0.384. The number of carbonyl (C=O) groups excluding carboxylic acids is 2. The zero-order valence-electron chi connectivity index (χ0n) is 13.4. The fourth-order valence-electron chi connectivity index (χ4n) is 2.61. The molecule has 1 saturated heterocycles. The van der Waals surface area contributed by atoms with E-state index in [1.165, 1.54) is 19.1 Å². The van der Waals surface area contributed by atoms with Gasteiger partial charge in [0.15, 0.2) is 6.10 Å². The van der Waals surface area contributed by atoms with Crippen molar-refractivity contribution in [1.82, 2.24) is 4.90 Å². The van der Waals surface area contributed by atoms with Crippen molar-refractivity contribution in [2.75, 3.05) is 13.1 Å². The van der Waals surface area contributed by atoms with Gasteiger partial charge in [-0.2, -0.15) is 0 Å². The molecule has 1 aromatic rings. The molecule has 24 heavy (non-hydrogen) atoms. The van der Waals surface area contributed by atoms with Gasteiger partial charge in [0.1, 0.15) is 5.02 Å². The highest BCUT2D eigenvalue weighted by atomic mass is 35.5. The predicted octanol–water partition coefficient (Wildman–Crippen LogP) is 3.20. The number of ether oxygens (including phenoxy) is 1. The zero-order chi connectivity index (χ0) is 17.7. The van der Waals surface area contributed by atoms with Crippen LogP contribution in [0.25, 0.3) is 0 Å². The summed E-state index contributed by atoms with van der Waals surface area (Å²) in [4.78, 5) is 36.4. The van der Waals surface area contributed by atoms with Crippen LogP contribution in [0, 0.1) is 10.1 Å². The number of nitro groups is 1. The Morgan fingerprint density at radius 1 is 1.25 bits per heavy atom. The molecule has 1 heterocycles. The van der Waals surface area contributed by atoms with Crippen LogP contribution in [0.5, 0.6) is 0 Å². The van der Waals surface area contributed by atoms with Crippen LogP contribution in [0.15, 0.2) is 18.2 Å². The molecule has 1 unspecified atom stereocenters. The Bertz CT molecular complexity index is 641. The fraction of sp³-hybridized carbons (Fsp3) is 0.500. The molecule has 130 valence electrons. The number of likely N-dealkylation sites (tertiary alicyclic amines) is 1. The summed E-state index contributed by atoms with van der Waals surface area (Å²) >= 11 is 5.71. The van der Waals surface area contributed by atoms with Gasteiger partial charge in [0.2, 0.25) is 0 Å². The normalized spacial score (nSPS) is 16.2. The summed E-state index contributed by atoms with van der Waals surface area (Å²) in [5.41, 5.74) is -0.390. The Morgan fingerprint density at radius 3 is 2.46 bits per heavy atom. The van der Waals surface area contributed by atoms with E-state index >= 15 is 0 Å². The van der Waals surface area contributed by atoms with Crippen LogP contribution >= 0.6 is 11.6 Å². The van der Waals surface area contributed by atoms with E-state index in [2.05, 4.69) is 0 Å². The molecule has 0 bridgehead atoms. The predicted molar refractivity (Wildman–Crippen MR) is 88.0 cm³/mol. The van der Waals surface area contributed by atoms with Crippen LogP contribution in [-0.4, -0.2) is 40.9 Å². The van der Waals surface area contributed by atoms with Crippen LogP contribution in [0.4, 0.5) is 5.69 Å². The third-order valence-corrected chi connectivity index (χ3v) is 4.25. The molecule has 1 atom stereocenters. The number of amides is 1. The van der Waals surface area contributed by atoms with Gasteiger partial charge < -0.3 is 9.64 Å². The molecule has 1 fully saturated rings. The number of hydrogen-bond donors (Lipinski definition) is 0. The maximum absolute atomic E-state index is 12.4. The lowest BCUT2D eigenvalue weighted by Crippen LogP contribution is -2.40. The Kier molecular flexibility index (Phi) is 6.14. The number of rotatable bonds is 4. The van der Waals surface area contributed by atoms with Crippen molar-refractivity contribution in [3.63, 3.8) is 0 Å². The van der Waals surface area contributed by atoms with Gasteiger partial charge in [-0.15, -0.1) is 0 Å². The molecular formula is C16H19ClN2O5. The summed E-state index contributed by atoms with van der Waals surface area (Å²) < 4.78 is 5.17. The Labute approximate surface area is 144 Å². The van der Waals surface area contributed by atoms with Crippen LogP contribution in [0.1, 0.15) is 43.0 Å². The van der Waals surface area contributed by atoms with Gasteiger partial charge in [-0.05, 0) is 31.9 Å². The molecule has 0 spiro atoms. The molecule has 1 aliphatic rings. The quantitative estimate of drug-likeness (QED) is 0.470. The SMILES string of the molecule is CC(OC(=O)c1ccc(Cl)c([N+](=O)[O-])c1)C(=O)N1CCCCCC1. The minimum Gasteiger partial charge on any atom is -0.449 e. The highest BCUT2D eigenvalue weighted by Crippen LogP contribution is 2.25. The van der Waals surface area contributed by atoms with E-state index in [1.807, 2.05) is 0 Å². The first-order valence-electron chi connectivity index (χ1n) is 7.84. The molecule has 1 amide bonds. The molecule has 0 aromatic heterocycles. The molecule has 0 aliphatic carbocycles. The largest absolute Gasteiger partial charge is 0.449 e. The van der Waals surface area contributed by atoms with E-state index in [9.17, 15) is 19.7 Å². The number of nitrogens with zero attached hydrogens (tertiary/aromatic N) is 2. The van der Waals surface area contributed by atoms with Crippen molar-refractivity contribution in [3.8, 4) is 0 Å². The molecule has 0 N–H and O–H groups in total. The third kappa shape index (κ3) is 4.44. The van der Waals surface area contributed by atoms with Crippen LogP contribution in [0.3, 0.4) is 0 Å². The van der Waals surface area contributed by atoms with Gasteiger partial charge in [-0.25, -0.2) is 4.79 Å². The molecule has 0 saturated carbocycles. The highest BCUT2D eigenvalue weighted by molar-refractivity contribution is 6.32. The van der Waals surface area contributed by atoms with Gasteiger partial charge in [0.25, 0.3) is 11.6 Å². The second kappa shape index (κ2) is 8.10. The smallest absolute Gasteiger partial charge is 0.339 e. The molecule has 1 aliphatic heterocycles. The van der Waals surface area contributed by atoms with E-state index in [-0.39, 0.29) is 22.2 Å². The summed E-state index contributed by atoms with van der Waals surface area (Å²) in [6, 6.07) is 3.65. The van der Waals surface area contributed by atoms with Crippen LogP contribution in [-0.2, 0) is 9.53 Å². The van der Waals surface area contributed by atoms with Gasteiger partial charge >= 0.3 is 5.97 Å². The maximum Gasteiger partial charge on any atom is 0.339 e. The van der Waals surface area contributed by atoms with E-state index in [0.29, 0.717) is 13.1 Å². The zero-order valence-corrected chi connectivity index (χ0v) is 14.1. The maximum atomic E-state index is 12.4. The average Bonchev–Trinajstić information content (AvgIpc) is 2.83. The Hall–Kier alpha value is -2.15. The van der Waals surface area contributed by atoms with Gasteiger partial charge in [0, 0.05) is 19.2 Å². The topological polar surface area (TPSA) is 89.7 Å². The summed E-state index contributed by atoms with van der Waals surface area (Å²) in [5.74, 6) is -1.03. The molecule has 2 rings (SSSR count). The highest BCUT2D eigenvalue weighted by Gasteiger charge is 2.26. The van der Waals surface area contributed by atoms with E-state index in [4.69, 9.17) is 16.3 Å². The van der Waals surface area contributed by atoms with Crippen molar-refractivity contribution >= 4 is 29.2 Å². The van der Waals surface area contributed by atoms with Gasteiger partial charge in [-0.3, -0.25) is 14.9 Å². The van der Waals surface area contributed by atoms with Gasteiger partial charge in [-0.1, -0.05) is 24.4 Å². The Balaban J connectivity index is 2.04. The number of hydrogen-bond acceptors (Lipinski definition) is 5. The van der Waals surface area contributed by atoms with Crippen molar-refractivity contribution in [1.29, 1.82) is 0 Å². The van der Waals surface area contributed by atoms with Crippen molar-refractivity contribution < 1.29 is 19.2 Å². The van der Waals surface area contributed by atoms with E-state index in [0.717, 1.165) is 31.7 Å². The van der Waals surface area contributed by atoms with Crippen LogP contribution < -0.4 is 0 Å². The number of halogens is 1. The molecule has 8 heteroatoms. The van der Waals surface area contributed by atoms with Crippen LogP contribution in [0.2, 0.25) is 5.02 Å². The minimum atomic E-state index is -0.940. The second-order valence-corrected chi connectivity index (χ2v) is 6.12. The second-order valence-electron chi connectivity index (χ2n) is 5.71. The van der Waals surface area contributed by atoms with Crippen molar-refractivity contribution in [3.05, 3.63) is 38.9 Å². The molecular weight excluding hydrogens is 336 g/mol. The van der Waals surface area contributed by atoms with Gasteiger partial charge in [0.05, 0.1) is 10.5 Å². The molecule has 0 radical (unpaired) electrons. The van der Waals surface area contributed by atoms with E-state index < -0.39 is 17.0 Å². The number of benzene rings is 1. The Morgan fingerprint density at radius 2 is 1.88 bits per heavy atom. The standard InChI is InChI=1S/C16H19ClN2O5/c1-11(15(20)18-8-4-2-3-5-9-18)24-16(21)12-6-7-13(17)14(10-12)19(22)23/h6-7,10-11H,2-5,8-9H2,1H3.